The highest BCUT2D eigenvalue weighted by Crippen LogP contribution is 2.33. The number of carbonyl (C=O) groups excluding carboxylic acids is 1. The van der Waals surface area contributed by atoms with Gasteiger partial charge in [0, 0.05) is 40.5 Å². The number of hydrogen-bond acceptors (Lipinski definition) is 6. The lowest BCUT2D eigenvalue weighted by Crippen LogP contribution is -2.34. The molecule has 1 saturated carbocycles. The number of aromatic nitrogens is 1. The molecule has 1 heterocycles. The van der Waals surface area contributed by atoms with Crippen molar-refractivity contribution in [2.45, 2.75) is 38.3 Å². The minimum atomic E-state index is -1.09. The minimum absolute atomic E-state index is 0.0690. The minimum Gasteiger partial charge on any atom is -0.495 e. The summed E-state index contributed by atoms with van der Waals surface area (Å²) in [5.41, 5.74) is 2.27. The Morgan fingerprint density at radius 2 is 1.90 bits per heavy atom. The van der Waals surface area contributed by atoms with E-state index < -0.39 is 23.5 Å². The largest absolute Gasteiger partial charge is 0.495 e. The molecule has 1 fully saturated rings. The number of nitrogens with one attached hydrogen (secondary N) is 3. The molecule has 10 heteroatoms. The first-order valence-electron chi connectivity index (χ1n) is 12.4. The standard InChI is InChI=1S/C29H29ClN4O5/c1-17-3-6-19(30)13-23(17)24-15-27(35)34(16-26(24)39-2)25(14-20(31)11-12-32-21-9-10-21)28(36)33-22-7-4-18(5-8-22)29(37)38/h3-8,11-13,15-16,21,25,31-32H,9-10,14H2,1-2H3,(H,33,36)(H,37,38)/b12-11-,31-20?. The summed E-state index contributed by atoms with van der Waals surface area (Å²) in [6.45, 7) is 1.89. The van der Waals surface area contributed by atoms with Gasteiger partial charge >= 0.3 is 5.97 Å². The van der Waals surface area contributed by atoms with Crippen LogP contribution in [0.3, 0.4) is 0 Å². The molecule has 3 aromatic rings. The summed E-state index contributed by atoms with van der Waals surface area (Å²) in [4.78, 5) is 38.1. The molecule has 9 nitrogen and oxygen atoms in total. The first-order chi connectivity index (χ1) is 18.7. The second kappa shape index (κ2) is 12.0. The van der Waals surface area contributed by atoms with Gasteiger partial charge in [-0.25, -0.2) is 4.79 Å². The fraction of sp³-hybridized carbons (Fsp3) is 0.241. The van der Waals surface area contributed by atoms with Crippen molar-refractivity contribution < 1.29 is 19.4 Å². The molecule has 1 aromatic heterocycles. The average molecular weight is 549 g/mol. The Labute approximate surface area is 230 Å². The summed E-state index contributed by atoms with van der Waals surface area (Å²) in [5.74, 6) is -1.26. The lowest BCUT2D eigenvalue weighted by atomic mass is 10.00. The number of pyridine rings is 1. The molecule has 202 valence electrons. The van der Waals surface area contributed by atoms with Crippen LogP contribution in [-0.4, -0.2) is 40.4 Å². The molecule has 1 atom stereocenters. The first kappa shape index (κ1) is 27.7. The molecule has 4 N–H and O–H groups in total. The van der Waals surface area contributed by atoms with E-state index in [4.69, 9.17) is 26.9 Å². The highest BCUT2D eigenvalue weighted by atomic mass is 35.5. The van der Waals surface area contributed by atoms with Crippen LogP contribution in [0.4, 0.5) is 5.69 Å². The quantitative estimate of drug-likeness (QED) is 0.248. The third-order valence-corrected chi connectivity index (χ3v) is 6.63. The van der Waals surface area contributed by atoms with Crippen LogP contribution in [0.2, 0.25) is 5.02 Å². The van der Waals surface area contributed by atoms with E-state index in [1.54, 1.807) is 24.4 Å². The van der Waals surface area contributed by atoms with Gasteiger partial charge in [-0.2, -0.15) is 0 Å². The maximum atomic E-state index is 13.5. The van der Waals surface area contributed by atoms with Gasteiger partial charge in [-0.1, -0.05) is 17.7 Å². The second-order valence-electron chi connectivity index (χ2n) is 9.35. The molecule has 1 aliphatic carbocycles. The number of allylic oxidation sites excluding steroid dienone is 1. The molecule has 0 radical (unpaired) electrons. The molecule has 2 aromatic carbocycles. The maximum absolute atomic E-state index is 13.5. The van der Waals surface area contributed by atoms with Gasteiger partial charge in [-0.15, -0.1) is 0 Å². The molecule has 0 spiro atoms. The molecule has 1 aliphatic rings. The third kappa shape index (κ3) is 6.94. The number of methoxy groups -OCH3 is 1. The zero-order valence-corrected chi connectivity index (χ0v) is 22.3. The van der Waals surface area contributed by atoms with Crippen molar-refractivity contribution in [2.75, 3.05) is 12.4 Å². The van der Waals surface area contributed by atoms with Crippen molar-refractivity contribution in [3.8, 4) is 16.9 Å². The molecule has 39 heavy (non-hydrogen) atoms. The number of halogens is 1. The number of carboxylic acids is 1. The van der Waals surface area contributed by atoms with Crippen molar-refractivity contribution in [3.05, 3.63) is 93.5 Å². The molecule has 0 aliphatic heterocycles. The lowest BCUT2D eigenvalue weighted by molar-refractivity contribution is -0.119. The number of amides is 1. The predicted octanol–water partition coefficient (Wildman–Crippen LogP) is 5.04. The van der Waals surface area contributed by atoms with Gasteiger partial charge in [-0.05, 0) is 79.6 Å². The van der Waals surface area contributed by atoms with Crippen LogP contribution >= 0.6 is 11.6 Å². The van der Waals surface area contributed by atoms with E-state index in [1.807, 2.05) is 13.0 Å². The van der Waals surface area contributed by atoms with E-state index in [2.05, 4.69) is 10.6 Å². The highest BCUT2D eigenvalue weighted by molar-refractivity contribution is 6.30. The SMILES string of the molecule is COc1cn(C(CC(=N)/C=C\NC2CC2)C(=O)Nc2ccc(C(=O)O)cc2)c(=O)cc1-c1cc(Cl)ccc1C. The summed E-state index contributed by atoms with van der Waals surface area (Å²) in [6.07, 6.45) is 6.82. The number of carbonyl (C=O) groups is 2. The summed E-state index contributed by atoms with van der Waals surface area (Å²) < 4.78 is 6.86. The topological polar surface area (TPSA) is 134 Å². The van der Waals surface area contributed by atoms with E-state index in [1.165, 1.54) is 48.2 Å². The van der Waals surface area contributed by atoms with Crippen LogP contribution in [0.25, 0.3) is 11.1 Å². The van der Waals surface area contributed by atoms with Crippen LogP contribution in [0, 0.1) is 12.3 Å². The van der Waals surface area contributed by atoms with Crippen molar-refractivity contribution in [3.63, 3.8) is 0 Å². The van der Waals surface area contributed by atoms with Crippen LogP contribution in [0.15, 0.2) is 71.8 Å². The number of rotatable bonds is 11. The van der Waals surface area contributed by atoms with Gasteiger partial charge < -0.3 is 25.9 Å². The lowest BCUT2D eigenvalue weighted by Gasteiger charge is -2.21. The summed E-state index contributed by atoms with van der Waals surface area (Å²) >= 11 is 6.21. The number of hydrogen-bond donors (Lipinski definition) is 4. The molecular weight excluding hydrogens is 520 g/mol. The number of aromatic carboxylic acids is 1. The zero-order chi connectivity index (χ0) is 28.1. The van der Waals surface area contributed by atoms with Gasteiger partial charge in [0.15, 0.2) is 0 Å². The van der Waals surface area contributed by atoms with E-state index in [-0.39, 0.29) is 17.7 Å². The first-order valence-corrected chi connectivity index (χ1v) is 12.7. The Morgan fingerprint density at radius 3 is 2.54 bits per heavy atom. The smallest absolute Gasteiger partial charge is 0.335 e. The predicted molar refractivity (Wildman–Crippen MR) is 151 cm³/mol. The number of aryl methyl sites for hydroxylation is 1. The van der Waals surface area contributed by atoms with Crippen LogP contribution in [-0.2, 0) is 4.79 Å². The number of anilines is 1. The van der Waals surface area contributed by atoms with E-state index in [0.717, 1.165) is 24.0 Å². The van der Waals surface area contributed by atoms with Gasteiger partial charge in [-0.3, -0.25) is 14.2 Å². The summed E-state index contributed by atoms with van der Waals surface area (Å²) in [7, 11) is 1.47. The Balaban J connectivity index is 1.69. The molecule has 1 unspecified atom stereocenters. The van der Waals surface area contributed by atoms with Gasteiger partial charge in [0.1, 0.15) is 11.8 Å². The van der Waals surface area contributed by atoms with E-state index in [9.17, 15) is 14.4 Å². The summed E-state index contributed by atoms with van der Waals surface area (Å²) in [6, 6.07) is 11.8. The van der Waals surface area contributed by atoms with Crippen molar-refractivity contribution in [2.24, 2.45) is 0 Å². The molecule has 0 saturated heterocycles. The van der Waals surface area contributed by atoms with Crippen LogP contribution in [0.1, 0.15) is 41.2 Å². The van der Waals surface area contributed by atoms with Gasteiger partial charge in [0.25, 0.3) is 5.56 Å². The van der Waals surface area contributed by atoms with Gasteiger partial charge in [0.2, 0.25) is 5.91 Å². The molecule has 0 bridgehead atoms. The van der Waals surface area contributed by atoms with Gasteiger partial charge in [0.05, 0.1) is 18.9 Å². The Kier molecular flexibility index (Phi) is 8.51. The Bertz CT molecular complexity index is 1490. The average Bonchev–Trinajstić information content (AvgIpc) is 3.73. The van der Waals surface area contributed by atoms with Crippen molar-refractivity contribution in [1.29, 1.82) is 5.41 Å². The molecular formula is C29H29ClN4O5. The third-order valence-electron chi connectivity index (χ3n) is 6.40. The van der Waals surface area contributed by atoms with Crippen molar-refractivity contribution >= 4 is 34.9 Å². The Hall–Kier alpha value is -4.37. The Morgan fingerprint density at radius 1 is 1.18 bits per heavy atom. The maximum Gasteiger partial charge on any atom is 0.335 e. The molecule has 1 amide bonds. The normalized spacial score (nSPS) is 13.6. The monoisotopic (exact) mass is 548 g/mol. The fourth-order valence-corrected chi connectivity index (χ4v) is 4.25. The van der Waals surface area contributed by atoms with E-state index >= 15 is 0 Å². The fourth-order valence-electron chi connectivity index (χ4n) is 4.08. The molecule has 4 rings (SSSR count). The van der Waals surface area contributed by atoms with Crippen molar-refractivity contribution in [1.82, 2.24) is 9.88 Å². The highest BCUT2D eigenvalue weighted by Gasteiger charge is 2.25. The number of nitrogens with zero attached hydrogens (tertiary/aromatic N) is 1. The number of ether oxygens (including phenoxy) is 1. The second-order valence-corrected chi connectivity index (χ2v) is 9.79. The van der Waals surface area contributed by atoms with Crippen LogP contribution < -0.4 is 20.9 Å². The van der Waals surface area contributed by atoms with E-state index in [0.29, 0.717) is 28.1 Å². The van der Waals surface area contributed by atoms with Crippen LogP contribution in [0.5, 0.6) is 5.75 Å². The number of benzene rings is 2. The summed E-state index contributed by atoms with van der Waals surface area (Å²) in [5, 5.41) is 24.0. The zero-order valence-electron chi connectivity index (χ0n) is 21.5. The number of carboxylic acid groups (broad SMARTS) is 1.